The Kier molecular flexibility index (Phi) is 6.09. The number of fused-ring (bicyclic) bond motifs is 2. The van der Waals surface area contributed by atoms with Crippen molar-refractivity contribution in [3.63, 3.8) is 0 Å². The molecule has 0 aliphatic carbocycles. The van der Waals surface area contributed by atoms with Crippen LogP contribution in [-0.4, -0.2) is 22.1 Å². The number of carbonyl (C=O) groups excluding carboxylic acids is 1. The highest BCUT2D eigenvalue weighted by atomic mass is 79.9. The maximum absolute atomic E-state index is 12.6. The minimum Gasteiger partial charge on any atom is -0.491 e. The SMILES string of the molecule is O=C(NCc1nc2ccccc2n1CCOc1cccc2ccccc12)c1cccc(Br)c1. The predicted octanol–water partition coefficient (Wildman–Crippen LogP) is 5.96. The molecule has 5 rings (SSSR count). The van der Waals surface area contributed by atoms with Gasteiger partial charge in [0, 0.05) is 15.4 Å². The quantitative estimate of drug-likeness (QED) is 0.300. The maximum atomic E-state index is 12.6. The van der Waals surface area contributed by atoms with E-state index in [4.69, 9.17) is 9.72 Å². The van der Waals surface area contributed by atoms with E-state index in [2.05, 4.69) is 44.0 Å². The monoisotopic (exact) mass is 499 g/mol. The summed E-state index contributed by atoms with van der Waals surface area (Å²) in [6.07, 6.45) is 0. The van der Waals surface area contributed by atoms with Gasteiger partial charge >= 0.3 is 0 Å². The highest BCUT2D eigenvalue weighted by Gasteiger charge is 2.13. The van der Waals surface area contributed by atoms with Crippen molar-refractivity contribution in [1.82, 2.24) is 14.9 Å². The molecule has 4 aromatic carbocycles. The van der Waals surface area contributed by atoms with Gasteiger partial charge in [0.25, 0.3) is 5.91 Å². The van der Waals surface area contributed by atoms with Crippen LogP contribution in [0.5, 0.6) is 5.75 Å². The van der Waals surface area contributed by atoms with Crippen molar-refractivity contribution in [2.24, 2.45) is 0 Å². The molecule has 1 heterocycles. The standard InChI is InChI=1S/C27H22BrN3O2/c28-21-10-5-9-20(17-21)27(32)29-18-26-30-23-12-3-4-13-24(23)31(26)15-16-33-25-14-6-8-19-7-1-2-11-22(19)25/h1-14,17H,15-16,18H2,(H,29,32). The van der Waals surface area contributed by atoms with E-state index in [1.165, 1.54) is 0 Å². The number of hydrogen-bond acceptors (Lipinski definition) is 3. The summed E-state index contributed by atoms with van der Waals surface area (Å²) < 4.78 is 9.14. The molecule has 0 aliphatic rings. The summed E-state index contributed by atoms with van der Waals surface area (Å²) in [7, 11) is 0. The van der Waals surface area contributed by atoms with E-state index in [0.717, 1.165) is 37.9 Å². The minimum atomic E-state index is -0.137. The minimum absolute atomic E-state index is 0.137. The number of aromatic nitrogens is 2. The van der Waals surface area contributed by atoms with Gasteiger partial charge in [-0.3, -0.25) is 4.79 Å². The number of rotatable bonds is 7. The molecule has 1 N–H and O–H groups in total. The molecular weight excluding hydrogens is 478 g/mol. The summed E-state index contributed by atoms with van der Waals surface area (Å²) >= 11 is 3.41. The van der Waals surface area contributed by atoms with E-state index in [1.54, 1.807) is 12.1 Å². The first kappa shape index (κ1) is 21.2. The van der Waals surface area contributed by atoms with Gasteiger partial charge in [-0.25, -0.2) is 4.98 Å². The van der Waals surface area contributed by atoms with Crippen molar-refractivity contribution >= 4 is 43.6 Å². The molecule has 0 spiro atoms. The maximum Gasteiger partial charge on any atom is 0.251 e. The first-order chi connectivity index (χ1) is 16.2. The van der Waals surface area contributed by atoms with Gasteiger partial charge in [0.1, 0.15) is 18.2 Å². The fourth-order valence-electron chi connectivity index (χ4n) is 3.97. The van der Waals surface area contributed by atoms with Crippen LogP contribution in [0.1, 0.15) is 16.2 Å². The summed E-state index contributed by atoms with van der Waals surface area (Å²) in [5.74, 6) is 1.52. The smallest absolute Gasteiger partial charge is 0.251 e. The van der Waals surface area contributed by atoms with E-state index in [1.807, 2.05) is 60.7 Å². The summed E-state index contributed by atoms with van der Waals surface area (Å²) in [5, 5.41) is 5.24. The highest BCUT2D eigenvalue weighted by molar-refractivity contribution is 9.10. The predicted molar refractivity (Wildman–Crippen MR) is 134 cm³/mol. The number of halogens is 1. The van der Waals surface area contributed by atoms with Crippen molar-refractivity contribution in [2.45, 2.75) is 13.1 Å². The van der Waals surface area contributed by atoms with Crippen LogP contribution >= 0.6 is 15.9 Å². The average molecular weight is 500 g/mol. The van der Waals surface area contributed by atoms with Crippen LogP contribution < -0.4 is 10.1 Å². The first-order valence-corrected chi connectivity index (χ1v) is 11.6. The van der Waals surface area contributed by atoms with Gasteiger partial charge in [0.2, 0.25) is 0 Å². The molecule has 5 aromatic rings. The third-order valence-electron chi connectivity index (χ3n) is 5.55. The zero-order chi connectivity index (χ0) is 22.6. The molecule has 1 amide bonds. The van der Waals surface area contributed by atoms with Gasteiger partial charge in [0.15, 0.2) is 0 Å². The highest BCUT2D eigenvalue weighted by Crippen LogP contribution is 2.25. The van der Waals surface area contributed by atoms with Crippen LogP contribution in [0.15, 0.2) is 95.5 Å². The molecule has 164 valence electrons. The van der Waals surface area contributed by atoms with Gasteiger partial charge in [-0.1, -0.05) is 70.5 Å². The number of imidazole rings is 1. The van der Waals surface area contributed by atoms with Crippen LogP contribution in [0.25, 0.3) is 21.8 Å². The van der Waals surface area contributed by atoms with Crippen LogP contribution in [0.3, 0.4) is 0 Å². The van der Waals surface area contributed by atoms with Crippen LogP contribution in [0.4, 0.5) is 0 Å². The van der Waals surface area contributed by atoms with Gasteiger partial charge < -0.3 is 14.6 Å². The van der Waals surface area contributed by atoms with Gasteiger partial charge in [-0.05, 0) is 41.8 Å². The molecule has 0 radical (unpaired) electrons. The molecular formula is C27H22BrN3O2. The number of hydrogen-bond donors (Lipinski definition) is 1. The van der Waals surface area contributed by atoms with Crippen molar-refractivity contribution in [1.29, 1.82) is 0 Å². The molecule has 0 bridgehead atoms. The largest absolute Gasteiger partial charge is 0.491 e. The molecule has 5 nitrogen and oxygen atoms in total. The summed E-state index contributed by atoms with van der Waals surface area (Å²) in [6.45, 7) is 1.43. The molecule has 33 heavy (non-hydrogen) atoms. The number of para-hydroxylation sites is 2. The third-order valence-corrected chi connectivity index (χ3v) is 6.04. The number of amides is 1. The number of nitrogens with zero attached hydrogens (tertiary/aromatic N) is 2. The molecule has 0 unspecified atom stereocenters. The zero-order valence-corrected chi connectivity index (χ0v) is 19.5. The Hall–Kier alpha value is -3.64. The topological polar surface area (TPSA) is 56.2 Å². The van der Waals surface area contributed by atoms with Crippen LogP contribution in [0, 0.1) is 0 Å². The van der Waals surface area contributed by atoms with E-state index in [-0.39, 0.29) is 5.91 Å². The second kappa shape index (κ2) is 9.46. The number of nitrogens with one attached hydrogen (secondary N) is 1. The summed E-state index contributed by atoms with van der Waals surface area (Å²) in [4.78, 5) is 17.4. The van der Waals surface area contributed by atoms with E-state index in [9.17, 15) is 4.79 Å². The Balaban J connectivity index is 1.34. The van der Waals surface area contributed by atoms with Crippen molar-refractivity contribution in [3.05, 3.63) is 107 Å². The lowest BCUT2D eigenvalue weighted by Gasteiger charge is -2.13. The first-order valence-electron chi connectivity index (χ1n) is 10.8. The fraction of sp³-hybridized carbons (Fsp3) is 0.111. The van der Waals surface area contributed by atoms with Gasteiger partial charge in [-0.15, -0.1) is 0 Å². The molecule has 0 saturated heterocycles. The number of carbonyl (C=O) groups is 1. The lowest BCUT2D eigenvalue weighted by molar-refractivity contribution is 0.0949. The summed E-state index contributed by atoms with van der Waals surface area (Å²) in [6, 6.07) is 29.6. The van der Waals surface area contributed by atoms with Crippen molar-refractivity contribution < 1.29 is 9.53 Å². The lowest BCUT2D eigenvalue weighted by atomic mass is 10.1. The Labute approximate surface area is 200 Å². The Bertz CT molecular complexity index is 1440. The fourth-order valence-corrected chi connectivity index (χ4v) is 4.37. The Morgan fingerprint density at radius 2 is 1.73 bits per heavy atom. The van der Waals surface area contributed by atoms with Gasteiger partial charge in [0.05, 0.1) is 24.1 Å². The average Bonchev–Trinajstić information content (AvgIpc) is 3.20. The lowest BCUT2D eigenvalue weighted by Crippen LogP contribution is -2.25. The van der Waals surface area contributed by atoms with Crippen molar-refractivity contribution in [2.75, 3.05) is 6.61 Å². The molecule has 1 aromatic heterocycles. The Morgan fingerprint density at radius 1 is 0.939 bits per heavy atom. The second-order valence-corrected chi connectivity index (χ2v) is 8.60. The van der Waals surface area contributed by atoms with E-state index in [0.29, 0.717) is 25.3 Å². The van der Waals surface area contributed by atoms with Crippen molar-refractivity contribution in [3.8, 4) is 5.75 Å². The number of benzene rings is 4. The number of ether oxygens (including phenoxy) is 1. The molecule has 0 saturated carbocycles. The van der Waals surface area contributed by atoms with E-state index >= 15 is 0 Å². The molecule has 0 atom stereocenters. The van der Waals surface area contributed by atoms with Crippen LogP contribution in [0.2, 0.25) is 0 Å². The molecule has 0 fully saturated rings. The molecule has 0 aliphatic heterocycles. The molecule has 6 heteroatoms. The third kappa shape index (κ3) is 4.61. The van der Waals surface area contributed by atoms with Crippen LogP contribution in [-0.2, 0) is 13.1 Å². The summed E-state index contributed by atoms with van der Waals surface area (Å²) in [5.41, 5.74) is 2.52. The second-order valence-electron chi connectivity index (χ2n) is 7.69. The Morgan fingerprint density at radius 3 is 2.64 bits per heavy atom. The van der Waals surface area contributed by atoms with E-state index < -0.39 is 0 Å². The van der Waals surface area contributed by atoms with Gasteiger partial charge in [-0.2, -0.15) is 0 Å². The zero-order valence-electron chi connectivity index (χ0n) is 17.9. The normalized spacial score (nSPS) is 11.1.